The fourth-order valence-electron chi connectivity index (χ4n) is 1.95. The molecule has 0 fully saturated rings. The highest BCUT2D eigenvalue weighted by Crippen LogP contribution is 2.17. The highest BCUT2D eigenvalue weighted by Gasteiger charge is 2.18. The first-order chi connectivity index (χ1) is 10.8. The highest BCUT2D eigenvalue weighted by atomic mass is 16.5. The SMILES string of the molecule is CCOC(=O)c1c(C)[nH]c(/C=N/NC(=O)C(=O)NC(C)C)c1C. The van der Waals surface area contributed by atoms with Crippen LogP contribution in [-0.4, -0.2) is 41.6 Å². The van der Waals surface area contributed by atoms with Gasteiger partial charge in [-0.15, -0.1) is 0 Å². The molecule has 23 heavy (non-hydrogen) atoms. The Morgan fingerprint density at radius 3 is 2.48 bits per heavy atom. The van der Waals surface area contributed by atoms with Crippen LogP contribution in [0.15, 0.2) is 5.10 Å². The minimum Gasteiger partial charge on any atom is -0.462 e. The molecule has 0 radical (unpaired) electrons. The van der Waals surface area contributed by atoms with Gasteiger partial charge in [-0.3, -0.25) is 9.59 Å². The molecule has 2 amide bonds. The molecule has 0 saturated heterocycles. The van der Waals surface area contributed by atoms with E-state index in [1.807, 2.05) is 0 Å². The standard InChI is InChI=1S/C15H22N4O4/c1-6-23-15(22)12-9(4)11(18-10(12)5)7-16-19-14(21)13(20)17-8(2)3/h7-8,18H,6H2,1-5H3,(H,17,20)(H,19,21)/b16-7+. The van der Waals surface area contributed by atoms with Crippen molar-refractivity contribution in [3.8, 4) is 0 Å². The molecule has 0 spiro atoms. The minimum absolute atomic E-state index is 0.141. The Bertz CT molecular complexity index is 632. The molecule has 0 aliphatic heterocycles. The summed E-state index contributed by atoms with van der Waals surface area (Å²) in [6.45, 7) is 8.99. The van der Waals surface area contributed by atoms with E-state index < -0.39 is 17.8 Å². The van der Waals surface area contributed by atoms with E-state index in [2.05, 4.69) is 20.8 Å². The third kappa shape index (κ3) is 4.94. The van der Waals surface area contributed by atoms with Crippen LogP contribution < -0.4 is 10.7 Å². The lowest BCUT2D eigenvalue weighted by molar-refractivity contribution is -0.139. The van der Waals surface area contributed by atoms with Crippen molar-refractivity contribution in [1.82, 2.24) is 15.7 Å². The van der Waals surface area contributed by atoms with Gasteiger partial charge in [0.2, 0.25) is 0 Å². The van der Waals surface area contributed by atoms with Crippen molar-refractivity contribution in [2.75, 3.05) is 6.61 Å². The number of ether oxygens (including phenoxy) is 1. The van der Waals surface area contributed by atoms with Crippen molar-refractivity contribution in [2.45, 2.75) is 40.7 Å². The number of nitrogens with zero attached hydrogens (tertiary/aromatic N) is 1. The van der Waals surface area contributed by atoms with Crippen LogP contribution in [0.3, 0.4) is 0 Å². The second kappa shape index (κ2) is 8.11. The van der Waals surface area contributed by atoms with Crippen LogP contribution in [0.2, 0.25) is 0 Å². The molecule has 0 unspecified atom stereocenters. The van der Waals surface area contributed by atoms with Crippen LogP contribution in [0.4, 0.5) is 0 Å². The molecule has 1 rings (SSSR count). The van der Waals surface area contributed by atoms with E-state index in [1.165, 1.54) is 6.21 Å². The molecule has 0 aliphatic rings. The van der Waals surface area contributed by atoms with Crippen molar-refractivity contribution in [2.24, 2.45) is 5.10 Å². The van der Waals surface area contributed by atoms with Gasteiger partial charge in [0.05, 0.1) is 24.1 Å². The number of amides is 2. The largest absolute Gasteiger partial charge is 0.462 e. The van der Waals surface area contributed by atoms with E-state index in [1.54, 1.807) is 34.6 Å². The van der Waals surface area contributed by atoms with Gasteiger partial charge in [-0.2, -0.15) is 5.10 Å². The molecule has 8 heteroatoms. The van der Waals surface area contributed by atoms with Crippen LogP contribution in [0.1, 0.15) is 48.1 Å². The molecule has 1 aromatic heterocycles. The Balaban J connectivity index is 2.78. The number of aromatic nitrogens is 1. The summed E-state index contributed by atoms with van der Waals surface area (Å²) in [6.07, 6.45) is 1.34. The summed E-state index contributed by atoms with van der Waals surface area (Å²) in [4.78, 5) is 37.8. The first kappa shape index (κ1) is 18.4. The van der Waals surface area contributed by atoms with Crippen LogP contribution in [0.25, 0.3) is 0 Å². The Kier molecular flexibility index (Phi) is 6.49. The molecule has 1 aromatic rings. The van der Waals surface area contributed by atoms with E-state index >= 15 is 0 Å². The molecule has 1 heterocycles. The molecular formula is C15H22N4O4. The Morgan fingerprint density at radius 2 is 1.91 bits per heavy atom. The molecule has 0 bridgehead atoms. The van der Waals surface area contributed by atoms with Crippen LogP contribution in [0.5, 0.6) is 0 Å². The number of carbonyl (C=O) groups excluding carboxylic acids is 3. The number of hydrazone groups is 1. The minimum atomic E-state index is -0.860. The molecule has 8 nitrogen and oxygen atoms in total. The van der Waals surface area contributed by atoms with E-state index in [-0.39, 0.29) is 12.6 Å². The molecular weight excluding hydrogens is 300 g/mol. The Morgan fingerprint density at radius 1 is 1.26 bits per heavy atom. The third-order valence-electron chi connectivity index (χ3n) is 2.94. The van der Waals surface area contributed by atoms with E-state index in [0.717, 1.165) is 0 Å². The first-order valence-electron chi connectivity index (χ1n) is 7.28. The number of hydrogen-bond donors (Lipinski definition) is 3. The predicted octanol–water partition coefficient (Wildman–Crippen LogP) is 0.783. The lowest BCUT2D eigenvalue weighted by Crippen LogP contribution is -2.41. The average Bonchev–Trinajstić information content (AvgIpc) is 2.73. The zero-order valence-electron chi connectivity index (χ0n) is 13.9. The topological polar surface area (TPSA) is 113 Å². The summed E-state index contributed by atoms with van der Waals surface area (Å²) in [5.74, 6) is -2.04. The van der Waals surface area contributed by atoms with Gasteiger partial charge in [-0.05, 0) is 40.2 Å². The lowest BCUT2D eigenvalue weighted by atomic mass is 10.1. The molecule has 126 valence electrons. The molecule has 3 N–H and O–H groups in total. The average molecular weight is 322 g/mol. The second-order valence-corrected chi connectivity index (χ2v) is 5.21. The van der Waals surface area contributed by atoms with Gasteiger partial charge < -0.3 is 15.0 Å². The van der Waals surface area contributed by atoms with Crippen molar-refractivity contribution >= 4 is 24.0 Å². The van der Waals surface area contributed by atoms with Crippen LogP contribution in [0, 0.1) is 13.8 Å². The van der Waals surface area contributed by atoms with E-state index in [0.29, 0.717) is 22.5 Å². The fourth-order valence-corrected chi connectivity index (χ4v) is 1.95. The molecule has 0 aliphatic carbocycles. The summed E-state index contributed by atoms with van der Waals surface area (Å²) in [6, 6.07) is -0.141. The number of hydrogen-bond acceptors (Lipinski definition) is 5. The number of carbonyl (C=O) groups is 3. The number of aryl methyl sites for hydroxylation is 1. The molecule has 0 atom stereocenters. The van der Waals surface area contributed by atoms with Crippen LogP contribution >= 0.6 is 0 Å². The molecule has 0 aromatic carbocycles. The quantitative estimate of drug-likeness (QED) is 0.322. The summed E-state index contributed by atoms with van der Waals surface area (Å²) in [7, 11) is 0. The monoisotopic (exact) mass is 322 g/mol. The summed E-state index contributed by atoms with van der Waals surface area (Å²) in [5, 5.41) is 6.17. The third-order valence-corrected chi connectivity index (χ3v) is 2.94. The highest BCUT2D eigenvalue weighted by molar-refractivity contribution is 6.35. The zero-order valence-corrected chi connectivity index (χ0v) is 13.9. The number of nitrogens with one attached hydrogen (secondary N) is 3. The van der Waals surface area contributed by atoms with Crippen molar-refractivity contribution < 1.29 is 19.1 Å². The maximum Gasteiger partial charge on any atom is 0.340 e. The first-order valence-corrected chi connectivity index (χ1v) is 7.28. The van der Waals surface area contributed by atoms with E-state index in [4.69, 9.17) is 4.74 Å². The van der Waals surface area contributed by atoms with Crippen molar-refractivity contribution in [1.29, 1.82) is 0 Å². The second-order valence-electron chi connectivity index (χ2n) is 5.21. The Hall–Kier alpha value is -2.64. The van der Waals surface area contributed by atoms with Crippen molar-refractivity contribution in [3.05, 3.63) is 22.5 Å². The number of esters is 1. The number of aromatic amines is 1. The van der Waals surface area contributed by atoms with Gasteiger partial charge in [0, 0.05) is 11.7 Å². The predicted molar refractivity (Wildman–Crippen MR) is 85.2 cm³/mol. The van der Waals surface area contributed by atoms with Gasteiger partial charge in [0.15, 0.2) is 0 Å². The molecule has 0 saturated carbocycles. The van der Waals surface area contributed by atoms with Gasteiger partial charge >= 0.3 is 17.8 Å². The number of H-pyrrole nitrogens is 1. The fraction of sp³-hybridized carbons (Fsp3) is 0.467. The Labute approximate surface area is 134 Å². The van der Waals surface area contributed by atoms with Gasteiger partial charge in [-0.25, -0.2) is 10.2 Å². The number of rotatable bonds is 5. The maximum atomic E-state index is 11.9. The van der Waals surface area contributed by atoms with E-state index in [9.17, 15) is 14.4 Å². The van der Waals surface area contributed by atoms with Gasteiger partial charge in [-0.1, -0.05) is 0 Å². The summed E-state index contributed by atoms with van der Waals surface area (Å²) < 4.78 is 4.99. The normalized spacial score (nSPS) is 10.9. The summed E-state index contributed by atoms with van der Waals surface area (Å²) in [5.41, 5.74) is 4.42. The van der Waals surface area contributed by atoms with Crippen molar-refractivity contribution in [3.63, 3.8) is 0 Å². The maximum absolute atomic E-state index is 11.9. The smallest absolute Gasteiger partial charge is 0.340 e. The lowest BCUT2D eigenvalue weighted by Gasteiger charge is -2.05. The van der Waals surface area contributed by atoms with Crippen LogP contribution in [-0.2, 0) is 14.3 Å². The van der Waals surface area contributed by atoms with Gasteiger partial charge in [0.1, 0.15) is 0 Å². The van der Waals surface area contributed by atoms with Gasteiger partial charge in [0.25, 0.3) is 0 Å². The summed E-state index contributed by atoms with van der Waals surface area (Å²) >= 11 is 0. The zero-order chi connectivity index (χ0) is 17.6.